The first-order valence-corrected chi connectivity index (χ1v) is 11.0. The van der Waals surface area contributed by atoms with Gasteiger partial charge in [-0.15, -0.1) is 22.7 Å². The third-order valence-corrected chi connectivity index (χ3v) is 7.46. The summed E-state index contributed by atoms with van der Waals surface area (Å²) >= 11 is 3.00. The molecule has 0 saturated carbocycles. The molecule has 0 aliphatic heterocycles. The van der Waals surface area contributed by atoms with Crippen molar-refractivity contribution in [2.24, 2.45) is 0 Å². The molecule has 3 heterocycles. The monoisotopic (exact) mass is 412 g/mol. The lowest BCUT2D eigenvalue weighted by atomic mass is 9.96. The first-order valence-electron chi connectivity index (χ1n) is 9.36. The fourth-order valence-corrected chi connectivity index (χ4v) is 5.87. The molecular weight excluding hydrogens is 392 g/mol. The normalized spacial score (nSPS) is 13.3. The lowest BCUT2D eigenvalue weighted by Gasteiger charge is -2.10. The molecule has 1 N–H and O–H groups in total. The summed E-state index contributed by atoms with van der Waals surface area (Å²) < 4.78 is 1.41. The molecule has 0 saturated heterocycles. The molecule has 8 heteroatoms. The van der Waals surface area contributed by atoms with Gasteiger partial charge in [-0.2, -0.15) is 5.26 Å². The van der Waals surface area contributed by atoms with Gasteiger partial charge in [0.15, 0.2) is 0 Å². The summed E-state index contributed by atoms with van der Waals surface area (Å²) in [7, 11) is 0. The van der Waals surface area contributed by atoms with E-state index in [-0.39, 0.29) is 18.0 Å². The maximum atomic E-state index is 12.8. The van der Waals surface area contributed by atoms with Crippen LogP contribution in [0.5, 0.6) is 0 Å². The molecule has 0 atom stereocenters. The molecule has 1 amide bonds. The zero-order chi connectivity index (χ0) is 19.8. The van der Waals surface area contributed by atoms with Gasteiger partial charge in [-0.05, 0) is 50.7 Å². The number of amides is 1. The third-order valence-electron chi connectivity index (χ3n) is 5.08. The number of nitriles is 1. The molecule has 3 aromatic rings. The van der Waals surface area contributed by atoms with Crippen LogP contribution in [0.4, 0.5) is 5.00 Å². The van der Waals surface area contributed by atoms with Crippen LogP contribution < -0.4 is 10.9 Å². The predicted molar refractivity (Wildman–Crippen MR) is 112 cm³/mol. The second kappa shape index (κ2) is 7.49. The Morgan fingerprint density at radius 3 is 2.89 bits per heavy atom. The summed E-state index contributed by atoms with van der Waals surface area (Å²) in [6.07, 6.45) is 4.89. The second-order valence-corrected chi connectivity index (χ2v) is 9.13. The third kappa shape index (κ3) is 3.25. The van der Waals surface area contributed by atoms with Crippen LogP contribution in [0, 0.1) is 18.3 Å². The number of nitrogens with one attached hydrogen (secondary N) is 1. The summed E-state index contributed by atoms with van der Waals surface area (Å²) in [6, 6.07) is 4.11. The van der Waals surface area contributed by atoms with E-state index in [0.29, 0.717) is 26.6 Å². The van der Waals surface area contributed by atoms with E-state index in [1.165, 1.54) is 32.1 Å². The van der Waals surface area contributed by atoms with E-state index in [1.54, 1.807) is 6.92 Å². The minimum absolute atomic E-state index is 0.113. The molecule has 1 aliphatic rings. The lowest BCUT2D eigenvalue weighted by Crippen LogP contribution is -2.29. The Hall–Kier alpha value is -2.50. The summed E-state index contributed by atoms with van der Waals surface area (Å²) in [4.78, 5) is 33.0. The van der Waals surface area contributed by atoms with Gasteiger partial charge >= 0.3 is 0 Å². The Morgan fingerprint density at radius 2 is 2.14 bits per heavy atom. The summed E-state index contributed by atoms with van der Waals surface area (Å²) in [5.74, 6) is 0.204. The Bertz CT molecular complexity index is 1180. The molecule has 0 aromatic carbocycles. The van der Waals surface area contributed by atoms with Gasteiger partial charge in [-0.1, -0.05) is 6.92 Å². The summed E-state index contributed by atoms with van der Waals surface area (Å²) in [5.41, 5.74) is 1.46. The number of anilines is 1. The minimum Gasteiger partial charge on any atom is -0.315 e. The highest BCUT2D eigenvalue weighted by molar-refractivity contribution is 7.18. The highest BCUT2D eigenvalue weighted by Crippen LogP contribution is 2.37. The Balaban J connectivity index is 1.62. The highest BCUT2D eigenvalue weighted by Gasteiger charge is 2.22. The number of hydrogen-bond acceptors (Lipinski definition) is 6. The van der Waals surface area contributed by atoms with Crippen LogP contribution >= 0.6 is 22.7 Å². The average Bonchev–Trinajstić information content (AvgIpc) is 3.25. The minimum atomic E-state index is -0.313. The maximum Gasteiger partial charge on any atom is 0.262 e. The zero-order valence-corrected chi connectivity index (χ0v) is 17.4. The fraction of sp³-hybridized carbons (Fsp3) is 0.400. The van der Waals surface area contributed by atoms with Crippen LogP contribution in [0.1, 0.15) is 46.5 Å². The van der Waals surface area contributed by atoms with E-state index in [1.807, 2.05) is 13.0 Å². The van der Waals surface area contributed by atoms with Gasteiger partial charge in [0, 0.05) is 9.75 Å². The van der Waals surface area contributed by atoms with Gasteiger partial charge in [0.25, 0.3) is 5.56 Å². The fourth-order valence-electron chi connectivity index (χ4n) is 3.61. The highest BCUT2D eigenvalue weighted by atomic mass is 32.1. The molecule has 0 spiro atoms. The second-order valence-electron chi connectivity index (χ2n) is 6.91. The van der Waals surface area contributed by atoms with Crippen molar-refractivity contribution in [1.82, 2.24) is 9.55 Å². The number of rotatable bonds is 4. The topological polar surface area (TPSA) is 87.8 Å². The molecule has 0 fully saturated rings. The number of hydrogen-bond donors (Lipinski definition) is 1. The molecule has 0 unspecified atom stereocenters. The Kier molecular flexibility index (Phi) is 5.04. The average molecular weight is 413 g/mol. The van der Waals surface area contributed by atoms with Crippen molar-refractivity contribution in [2.75, 3.05) is 5.32 Å². The molecule has 4 rings (SSSR count). The molecule has 0 radical (unpaired) electrons. The van der Waals surface area contributed by atoms with Gasteiger partial charge in [-0.25, -0.2) is 4.98 Å². The smallest absolute Gasteiger partial charge is 0.262 e. The van der Waals surface area contributed by atoms with Crippen LogP contribution in [0.25, 0.3) is 10.2 Å². The van der Waals surface area contributed by atoms with Gasteiger partial charge in [0.05, 0.1) is 10.9 Å². The van der Waals surface area contributed by atoms with Crippen LogP contribution in [0.2, 0.25) is 0 Å². The van der Waals surface area contributed by atoms with Crippen molar-refractivity contribution in [2.45, 2.75) is 52.5 Å². The van der Waals surface area contributed by atoms with Crippen LogP contribution in [0.3, 0.4) is 0 Å². The van der Waals surface area contributed by atoms with Crippen molar-refractivity contribution in [3.05, 3.63) is 43.1 Å². The van der Waals surface area contributed by atoms with Crippen LogP contribution in [-0.2, 0) is 30.6 Å². The SMILES string of the molecule is CCc1cc2c(=O)n(CC(=O)Nc3sc4c(c3C#N)CCCC4)c(C)nc2s1. The Labute approximate surface area is 170 Å². The molecule has 1 aliphatic carbocycles. The van der Waals surface area contributed by atoms with Crippen molar-refractivity contribution < 1.29 is 4.79 Å². The van der Waals surface area contributed by atoms with Gasteiger partial charge in [0.1, 0.15) is 28.3 Å². The van der Waals surface area contributed by atoms with Gasteiger partial charge < -0.3 is 5.32 Å². The molecular formula is C20H20N4O2S2. The summed E-state index contributed by atoms with van der Waals surface area (Å²) in [6.45, 7) is 3.67. The molecule has 6 nitrogen and oxygen atoms in total. The van der Waals surface area contributed by atoms with Crippen LogP contribution in [0.15, 0.2) is 10.9 Å². The van der Waals surface area contributed by atoms with E-state index in [2.05, 4.69) is 16.4 Å². The molecule has 0 bridgehead atoms. The van der Waals surface area contributed by atoms with Crippen molar-refractivity contribution >= 4 is 43.8 Å². The first kappa shape index (κ1) is 18.8. The number of fused-ring (bicyclic) bond motifs is 2. The molecule has 28 heavy (non-hydrogen) atoms. The van der Waals surface area contributed by atoms with Gasteiger partial charge in [-0.3, -0.25) is 14.2 Å². The van der Waals surface area contributed by atoms with Gasteiger partial charge in [0.2, 0.25) is 5.91 Å². The number of nitrogens with zero attached hydrogens (tertiary/aromatic N) is 3. The van der Waals surface area contributed by atoms with Crippen LogP contribution in [-0.4, -0.2) is 15.5 Å². The Morgan fingerprint density at radius 1 is 1.36 bits per heavy atom. The van der Waals surface area contributed by atoms with Crippen molar-refractivity contribution in [3.8, 4) is 6.07 Å². The summed E-state index contributed by atoms with van der Waals surface area (Å²) in [5, 5.41) is 13.6. The number of carbonyl (C=O) groups is 1. The first-order chi connectivity index (χ1) is 13.5. The number of carbonyl (C=O) groups excluding carboxylic acids is 1. The lowest BCUT2D eigenvalue weighted by molar-refractivity contribution is -0.116. The number of aromatic nitrogens is 2. The molecule has 3 aromatic heterocycles. The van der Waals surface area contributed by atoms with E-state index < -0.39 is 0 Å². The molecule has 144 valence electrons. The quantitative estimate of drug-likeness (QED) is 0.706. The van der Waals surface area contributed by atoms with E-state index in [9.17, 15) is 14.9 Å². The van der Waals surface area contributed by atoms with Crippen molar-refractivity contribution in [1.29, 1.82) is 5.26 Å². The largest absolute Gasteiger partial charge is 0.315 e. The predicted octanol–water partition coefficient (Wildman–Crippen LogP) is 3.78. The number of thiophene rings is 2. The van der Waals surface area contributed by atoms with E-state index >= 15 is 0 Å². The number of aryl methyl sites for hydroxylation is 3. The van der Waals surface area contributed by atoms with E-state index in [4.69, 9.17) is 0 Å². The maximum absolute atomic E-state index is 12.8. The zero-order valence-electron chi connectivity index (χ0n) is 15.8. The standard InChI is InChI=1S/C20H20N4O2S2/c1-3-12-8-14-18(27-12)22-11(2)24(20(14)26)10-17(25)23-19-15(9-21)13-6-4-5-7-16(13)28-19/h8H,3-7,10H2,1-2H3,(H,23,25). The van der Waals surface area contributed by atoms with Crippen molar-refractivity contribution in [3.63, 3.8) is 0 Å². The van der Waals surface area contributed by atoms with E-state index in [0.717, 1.165) is 42.5 Å².